The minimum Gasteiger partial charge on any atom is -0.345 e. The summed E-state index contributed by atoms with van der Waals surface area (Å²) in [5.41, 5.74) is -1.48. The zero-order valence-corrected chi connectivity index (χ0v) is 16.7. The standard InChI is InChI=1S/C18H15F6N3O4S/c19-17(20,21)10-26-15(28)9-25-16(29)11-4-6-14(7-5-11)32(30,31)27-13-3-1-2-12(8-13)18(22,23)24/h1-8,27H,9-10H2,(H,25,29)(H,26,28). The maximum absolute atomic E-state index is 12.8. The second-order valence-corrected chi connectivity index (χ2v) is 7.97. The number of alkyl halides is 6. The quantitative estimate of drug-likeness (QED) is 0.527. The van der Waals surface area contributed by atoms with E-state index in [0.717, 1.165) is 42.5 Å². The summed E-state index contributed by atoms with van der Waals surface area (Å²) in [5, 5.41) is 3.62. The zero-order chi connectivity index (χ0) is 24.2. The third-order valence-corrected chi connectivity index (χ3v) is 5.16. The fraction of sp³-hybridized carbons (Fsp3) is 0.222. The molecule has 2 amide bonds. The van der Waals surface area contributed by atoms with Crippen molar-refractivity contribution in [2.45, 2.75) is 17.2 Å². The van der Waals surface area contributed by atoms with E-state index in [1.165, 1.54) is 0 Å². The molecule has 0 aliphatic heterocycles. The summed E-state index contributed by atoms with van der Waals surface area (Å²) in [7, 11) is -4.28. The maximum atomic E-state index is 12.8. The van der Waals surface area contributed by atoms with Crippen molar-refractivity contribution in [2.75, 3.05) is 17.8 Å². The Labute approximate surface area is 177 Å². The topological polar surface area (TPSA) is 104 Å². The highest BCUT2D eigenvalue weighted by molar-refractivity contribution is 7.92. The van der Waals surface area contributed by atoms with Crippen molar-refractivity contribution < 1.29 is 44.3 Å². The number of amides is 2. The van der Waals surface area contributed by atoms with Crippen LogP contribution in [0.3, 0.4) is 0 Å². The Kier molecular flexibility index (Phi) is 7.38. The van der Waals surface area contributed by atoms with Gasteiger partial charge in [0.25, 0.3) is 15.9 Å². The van der Waals surface area contributed by atoms with Gasteiger partial charge in [0.2, 0.25) is 5.91 Å². The Morgan fingerprint density at radius 3 is 2.06 bits per heavy atom. The van der Waals surface area contributed by atoms with Gasteiger partial charge >= 0.3 is 12.4 Å². The number of halogens is 6. The summed E-state index contributed by atoms with van der Waals surface area (Å²) >= 11 is 0. The van der Waals surface area contributed by atoms with Gasteiger partial charge in [-0.3, -0.25) is 14.3 Å². The van der Waals surface area contributed by atoms with Crippen LogP contribution in [0, 0.1) is 0 Å². The first-order chi connectivity index (χ1) is 14.7. The first-order valence-corrected chi connectivity index (χ1v) is 10.1. The van der Waals surface area contributed by atoms with Crippen LogP contribution >= 0.6 is 0 Å². The van der Waals surface area contributed by atoms with Crippen LogP contribution in [0.4, 0.5) is 32.0 Å². The van der Waals surface area contributed by atoms with Crippen molar-refractivity contribution >= 4 is 27.5 Å². The van der Waals surface area contributed by atoms with Gasteiger partial charge in [-0.15, -0.1) is 0 Å². The highest BCUT2D eigenvalue weighted by Gasteiger charge is 2.31. The van der Waals surface area contributed by atoms with Gasteiger partial charge in [0, 0.05) is 11.3 Å². The Hall–Kier alpha value is -3.29. The molecule has 2 aromatic rings. The summed E-state index contributed by atoms with van der Waals surface area (Å²) in [4.78, 5) is 22.9. The van der Waals surface area contributed by atoms with E-state index in [2.05, 4.69) is 5.32 Å². The van der Waals surface area contributed by atoms with Crippen molar-refractivity contribution in [3.8, 4) is 0 Å². The molecule has 0 aromatic heterocycles. The molecule has 0 atom stereocenters. The number of carbonyl (C=O) groups is 2. The van der Waals surface area contributed by atoms with Crippen LogP contribution in [0.15, 0.2) is 53.4 Å². The molecule has 2 rings (SSSR count). The SMILES string of the molecule is O=C(CNC(=O)c1ccc(S(=O)(=O)Nc2cccc(C(F)(F)F)c2)cc1)NCC(F)(F)F. The summed E-state index contributed by atoms with van der Waals surface area (Å²) in [6.07, 6.45) is -9.27. The van der Waals surface area contributed by atoms with Gasteiger partial charge in [-0.25, -0.2) is 8.42 Å². The molecule has 0 unspecified atom stereocenters. The molecule has 0 saturated heterocycles. The van der Waals surface area contributed by atoms with Crippen LogP contribution in [-0.2, 0) is 21.0 Å². The third kappa shape index (κ3) is 7.44. The second kappa shape index (κ2) is 9.46. The molecular formula is C18H15F6N3O4S. The van der Waals surface area contributed by atoms with Crippen molar-refractivity contribution in [2.24, 2.45) is 0 Å². The fourth-order valence-corrected chi connectivity index (χ4v) is 3.33. The smallest absolute Gasteiger partial charge is 0.345 e. The minimum absolute atomic E-state index is 0.105. The molecule has 0 heterocycles. The molecule has 2 aromatic carbocycles. The van der Waals surface area contributed by atoms with E-state index in [4.69, 9.17) is 0 Å². The lowest BCUT2D eigenvalue weighted by Gasteiger charge is -2.12. The molecule has 0 radical (unpaired) electrons. The summed E-state index contributed by atoms with van der Waals surface area (Å²) in [5.74, 6) is -1.94. The van der Waals surface area contributed by atoms with Crippen molar-refractivity contribution in [1.82, 2.24) is 10.6 Å². The molecular weight excluding hydrogens is 468 g/mol. The van der Waals surface area contributed by atoms with Crippen LogP contribution in [0.2, 0.25) is 0 Å². The Bertz CT molecular complexity index is 1080. The molecule has 0 fully saturated rings. The predicted octanol–water partition coefficient (Wildman–Crippen LogP) is 2.91. The molecule has 0 bridgehead atoms. The van der Waals surface area contributed by atoms with Gasteiger partial charge in [0.15, 0.2) is 0 Å². The van der Waals surface area contributed by atoms with Gasteiger partial charge in [0.1, 0.15) is 6.54 Å². The number of nitrogens with one attached hydrogen (secondary N) is 3. The number of anilines is 1. The van der Waals surface area contributed by atoms with E-state index in [1.807, 2.05) is 4.72 Å². The maximum Gasteiger partial charge on any atom is 0.416 e. The van der Waals surface area contributed by atoms with Gasteiger partial charge in [-0.1, -0.05) is 6.07 Å². The van der Waals surface area contributed by atoms with Gasteiger partial charge in [-0.2, -0.15) is 26.3 Å². The summed E-state index contributed by atoms with van der Waals surface area (Å²) < 4.78 is 101. The number of hydrogen-bond acceptors (Lipinski definition) is 4. The number of carbonyl (C=O) groups excluding carboxylic acids is 2. The highest BCUT2D eigenvalue weighted by Crippen LogP contribution is 2.31. The molecule has 0 aliphatic carbocycles. The number of sulfonamides is 1. The van der Waals surface area contributed by atoms with Crippen LogP contribution in [0.1, 0.15) is 15.9 Å². The molecule has 32 heavy (non-hydrogen) atoms. The van der Waals surface area contributed by atoms with Crippen LogP contribution in [-0.4, -0.2) is 39.5 Å². The van der Waals surface area contributed by atoms with E-state index in [-0.39, 0.29) is 16.1 Å². The molecule has 3 N–H and O–H groups in total. The predicted molar refractivity (Wildman–Crippen MR) is 100 cm³/mol. The molecule has 174 valence electrons. The molecule has 0 aliphatic rings. The molecule has 7 nitrogen and oxygen atoms in total. The monoisotopic (exact) mass is 483 g/mol. The number of benzene rings is 2. The van der Waals surface area contributed by atoms with Crippen LogP contribution in [0.5, 0.6) is 0 Å². The Morgan fingerprint density at radius 2 is 1.50 bits per heavy atom. The Balaban J connectivity index is 2.02. The lowest BCUT2D eigenvalue weighted by Crippen LogP contribution is -2.40. The third-order valence-electron chi connectivity index (χ3n) is 3.76. The van der Waals surface area contributed by atoms with E-state index < -0.39 is 52.8 Å². The average molecular weight is 483 g/mol. The lowest BCUT2D eigenvalue weighted by molar-refractivity contribution is -0.137. The van der Waals surface area contributed by atoms with Crippen LogP contribution < -0.4 is 15.4 Å². The van der Waals surface area contributed by atoms with Crippen LogP contribution in [0.25, 0.3) is 0 Å². The summed E-state index contributed by atoms with van der Waals surface area (Å²) in [6, 6.07) is 7.64. The highest BCUT2D eigenvalue weighted by atomic mass is 32.2. The van der Waals surface area contributed by atoms with Gasteiger partial charge in [-0.05, 0) is 42.5 Å². The van der Waals surface area contributed by atoms with E-state index in [9.17, 15) is 44.3 Å². The number of rotatable bonds is 7. The summed E-state index contributed by atoms with van der Waals surface area (Å²) in [6.45, 7) is -2.31. The molecule has 14 heteroatoms. The van der Waals surface area contributed by atoms with E-state index in [1.54, 1.807) is 5.32 Å². The van der Waals surface area contributed by atoms with Crippen molar-refractivity contribution in [3.63, 3.8) is 0 Å². The van der Waals surface area contributed by atoms with Crippen molar-refractivity contribution in [1.29, 1.82) is 0 Å². The number of hydrogen-bond donors (Lipinski definition) is 3. The zero-order valence-electron chi connectivity index (χ0n) is 15.8. The van der Waals surface area contributed by atoms with Gasteiger partial charge < -0.3 is 10.6 Å². The largest absolute Gasteiger partial charge is 0.416 e. The van der Waals surface area contributed by atoms with Crippen molar-refractivity contribution in [3.05, 3.63) is 59.7 Å². The molecule has 0 spiro atoms. The minimum atomic E-state index is -4.67. The van der Waals surface area contributed by atoms with E-state index in [0.29, 0.717) is 6.07 Å². The Morgan fingerprint density at radius 1 is 0.875 bits per heavy atom. The first-order valence-electron chi connectivity index (χ1n) is 8.59. The normalized spacial score (nSPS) is 12.2. The van der Waals surface area contributed by atoms with Gasteiger partial charge in [0.05, 0.1) is 17.0 Å². The second-order valence-electron chi connectivity index (χ2n) is 6.28. The average Bonchev–Trinajstić information content (AvgIpc) is 2.69. The lowest BCUT2D eigenvalue weighted by atomic mass is 10.2. The van der Waals surface area contributed by atoms with E-state index >= 15 is 0 Å². The fourth-order valence-electron chi connectivity index (χ4n) is 2.28. The first kappa shape index (κ1) is 25.0. The molecule has 0 saturated carbocycles.